The van der Waals surface area contributed by atoms with E-state index in [0.29, 0.717) is 19.6 Å². The highest BCUT2D eigenvalue weighted by Crippen LogP contribution is 2.09. The molecule has 0 unspecified atom stereocenters. The molecule has 1 heterocycles. The van der Waals surface area contributed by atoms with Gasteiger partial charge in [0.2, 0.25) is 0 Å². The summed E-state index contributed by atoms with van der Waals surface area (Å²) >= 11 is 1.65. The molecule has 0 fully saturated rings. The van der Waals surface area contributed by atoms with Crippen molar-refractivity contribution in [2.75, 3.05) is 27.2 Å². The van der Waals surface area contributed by atoms with Gasteiger partial charge in [-0.3, -0.25) is 4.99 Å². The second-order valence-electron chi connectivity index (χ2n) is 6.47. The number of aryl methyl sites for hydroxylation is 1. The molecule has 2 N–H and O–H groups in total. The van der Waals surface area contributed by atoms with E-state index in [-0.39, 0.29) is 6.09 Å². The molecule has 0 aliphatic rings. The van der Waals surface area contributed by atoms with Crippen LogP contribution in [0.3, 0.4) is 0 Å². The third-order valence-corrected chi connectivity index (χ3v) is 3.77. The zero-order chi connectivity index (χ0) is 18.2. The van der Waals surface area contributed by atoms with Gasteiger partial charge in [-0.05, 0) is 34.1 Å². The van der Waals surface area contributed by atoms with Crippen LogP contribution in [0.1, 0.15) is 37.9 Å². The highest BCUT2D eigenvalue weighted by Gasteiger charge is 2.15. The van der Waals surface area contributed by atoms with Crippen LogP contribution in [-0.4, -0.2) is 54.7 Å². The molecule has 7 nitrogen and oxygen atoms in total. The third-order valence-electron chi connectivity index (χ3n) is 2.94. The lowest BCUT2D eigenvalue weighted by molar-refractivity contribution is 0.0527. The van der Waals surface area contributed by atoms with E-state index in [4.69, 9.17) is 4.74 Å². The highest BCUT2D eigenvalue weighted by atomic mass is 32.1. The van der Waals surface area contributed by atoms with E-state index >= 15 is 0 Å². The Labute approximate surface area is 148 Å². The molecule has 0 radical (unpaired) electrons. The molecular formula is C16H29N5O2S. The number of hydrogen-bond acceptors (Lipinski definition) is 5. The van der Waals surface area contributed by atoms with Crippen molar-refractivity contribution < 1.29 is 9.53 Å². The summed E-state index contributed by atoms with van der Waals surface area (Å²) in [5.74, 6) is 0.804. The van der Waals surface area contributed by atoms with Gasteiger partial charge in [-0.25, -0.2) is 9.78 Å². The number of nitrogens with zero attached hydrogens (tertiary/aromatic N) is 3. The molecule has 136 valence electrons. The molecule has 1 aromatic heterocycles. The fourth-order valence-electron chi connectivity index (χ4n) is 1.98. The molecule has 1 amide bonds. The molecule has 0 aromatic carbocycles. The van der Waals surface area contributed by atoms with Crippen molar-refractivity contribution in [3.8, 4) is 0 Å². The Balaban J connectivity index is 2.25. The average Bonchev–Trinajstić information content (AvgIpc) is 2.86. The van der Waals surface area contributed by atoms with Crippen LogP contribution >= 0.6 is 11.3 Å². The number of nitrogens with one attached hydrogen (secondary N) is 2. The second kappa shape index (κ2) is 9.46. The summed E-state index contributed by atoms with van der Waals surface area (Å²) < 4.78 is 5.18. The predicted octanol–water partition coefficient (Wildman–Crippen LogP) is 2.37. The van der Waals surface area contributed by atoms with Crippen LogP contribution in [0.5, 0.6) is 0 Å². The Morgan fingerprint density at radius 2 is 2.04 bits per heavy atom. The normalized spacial score (nSPS) is 12.0. The van der Waals surface area contributed by atoms with Gasteiger partial charge in [-0.15, -0.1) is 11.3 Å². The molecule has 0 atom stereocenters. The summed E-state index contributed by atoms with van der Waals surface area (Å²) in [6.45, 7) is 9.50. The number of aromatic nitrogens is 1. The fraction of sp³-hybridized carbons (Fsp3) is 0.688. The Morgan fingerprint density at radius 1 is 1.38 bits per heavy atom. The van der Waals surface area contributed by atoms with Crippen molar-refractivity contribution >= 4 is 23.4 Å². The fourth-order valence-corrected chi connectivity index (χ4v) is 2.58. The number of amides is 1. The van der Waals surface area contributed by atoms with Crippen LogP contribution in [0, 0.1) is 6.92 Å². The van der Waals surface area contributed by atoms with Gasteiger partial charge in [0.05, 0.1) is 17.2 Å². The lowest BCUT2D eigenvalue weighted by Gasteiger charge is -2.21. The van der Waals surface area contributed by atoms with Crippen LogP contribution in [0.4, 0.5) is 4.79 Å². The summed E-state index contributed by atoms with van der Waals surface area (Å²) in [6.07, 6.45) is 0.393. The van der Waals surface area contributed by atoms with Crippen LogP contribution in [0.15, 0.2) is 10.4 Å². The summed E-state index contributed by atoms with van der Waals surface area (Å²) in [6, 6.07) is 0. The lowest BCUT2D eigenvalue weighted by Crippen LogP contribution is -2.40. The van der Waals surface area contributed by atoms with E-state index < -0.39 is 5.60 Å². The van der Waals surface area contributed by atoms with Crippen LogP contribution in [-0.2, 0) is 11.3 Å². The molecule has 0 saturated heterocycles. The Morgan fingerprint density at radius 3 is 2.58 bits per heavy atom. The predicted molar refractivity (Wildman–Crippen MR) is 98.5 cm³/mol. The van der Waals surface area contributed by atoms with Gasteiger partial charge in [0.1, 0.15) is 5.60 Å². The molecule has 8 heteroatoms. The first kappa shape index (κ1) is 20.2. The van der Waals surface area contributed by atoms with Gasteiger partial charge in [0, 0.05) is 32.6 Å². The number of hydrogen-bond donors (Lipinski definition) is 2. The minimum atomic E-state index is -0.471. The topological polar surface area (TPSA) is 78.8 Å². The monoisotopic (exact) mass is 355 g/mol. The maximum absolute atomic E-state index is 11.5. The van der Waals surface area contributed by atoms with Gasteiger partial charge >= 0.3 is 6.09 Å². The van der Waals surface area contributed by atoms with E-state index in [0.717, 1.165) is 23.1 Å². The average molecular weight is 356 g/mol. The molecule has 0 aliphatic heterocycles. The quantitative estimate of drug-likeness (QED) is 0.465. The summed E-state index contributed by atoms with van der Waals surface area (Å²) in [5, 5.41) is 9.14. The van der Waals surface area contributed by atoms with E-state index in [1.807, 2.05) is 39.6 Å². The first-order valence-corrected chi connectivity index (χ1v) is 8.89. The van der Waals surface area contributed by atoms with Crippen molar-refractivity contribution in [3.63, 3.8) is 0 Å². The maximum Gasteiger partial charge on any atom is 0.407 e. The molecule has 0 saturated carbocycles. The number of rotatable bonds is 6. The molecule has 24 heavy (non-hydrogen) atoms. The summed E-state index contributed by atoms with van der Waals surface area (Å²) in [7, 11) is 3.73. The molecule has 1 rings (SSSR count). The largest absolute Gasteiger partial charge is 0.444 e. The zero-order valence-electron chi connectivity index (χ0n) is 15.5. The lowest BCUT2D eigenvalue weighted by atomic mass is 10.2. The Hall–Kier alpha value is -1.83. The first-order valence-electron chi connectivity index (χ1n) is 8.01. The molecule has 0 aliphatic carbocycles. The number of alkyl carbamates (subject to hydrolysis) is 1. The van der Waals surface area contributed by atoms with Gasteiger partial charge in [-0.2, -0.15) is 0 Å². The third kappa shape index (κ3) is 8.14. The van der Waals surface area contributed by atoms with Crippen molar-refractivity contribution in [2.45, 2.75) is 46.3 Å². The minimum absolute atomic E-state index is 0.386. The zero-order valence-corrected chi connectivity index (χ0v) is 16.3. The maximum atomic E-state index is 11.5. The smallest absolute Gasteiger partial charge is 0.407 e. The Kier molecular flexibility index (Phi) is 7.97. The first-order chi connectivity index (χ1) is 11.2. The van der Waals surface area contributed by atoms with Crippen molar-refractivity contribution in [1.29, 1.82) is 0 Å². The molecule has 1 aromatic rings. The molecular weight excluding hydrogens is 326 g/mol. The second-order valence-corrected chi connectivity index (χ2v) is 7.53. The number of carbonyl (C=O) groups excluding carboxylic acids is 1. The number of carbonyl (C=O) groups is 1. The molecule has 0 bridgehead atoms. The van der Waals surface area contributed by atoms with Crippen LogP contribution in [0.25, 0.3) is 0 Å². The van der Waals surface area contributed by atoms with Crippen molar-refractivity contribution in [3.05, 3.63) is 16.1 Å². The van der Waals surface area contributed by atoms with Gasteiger partial charge in [-0.1, -0.05) is 0 Å². The van der Waals surface area contributed by atoms with Crippen molar-refractivity contribution in [2.24, 2.45) is 4.99 Å². The SMILES string of the molecule is CN=C(NCCCNC(=O)OC(C)(C)C)N(C)Cc1csc(C)n1. The van der Waals surface area contributed by atoms with Crippen LogP contribution in [0.2, 0.25) is 0 Å². The van der Waals surface area contributed by atoms with E-state index in [9.17, 15) is 4.79 Å². The number of thiazole rings is 1. The summed E-state index contributed by atoms with van der Waals surface area (Å²) in [5.41, 5.74) is 0.566. The van der Waals surface area contributed by atoms with E-state index in [2.05, 4.69) is 26.0 Å². The molecule has 0 spiro atoms. The van der Waals surface area contributed by atoms with Gasteiger partial charge in [0.15, 0.2) is 5.96 Å². The van der Waals surface area contributed by atoms with Gasteiger partial charge < -0.3 is 20.3 Å². The number of aliphatic imine (C=N–C) groups is 1. The summed E-state index contributed by atoms with van der Waals surface area (Å²) in [4.78, 5) is 22.3. The van der Waals surface area contributed by atoms with Gasteiger partial charge in [0.25, 0.3) is 0 Å². The highest BCUT2D eigenvalue weighted by molar-refractivity contribution is 7.09. The minimum Gasteiger partial charge on any atom is -0.444 e. The number of ether oxygens (including phenoxy) is 1. The van der Waals surface area contributed by atoms with E-state index in [1.54, 1.807) is 18.4 Å². The number of guanidine groups is 1. The van der Waals surface area contributed by atoms with Crippen molar-refractivity contribution in [1.82, 2.24) is 20.5 Å². The Bertz CT molecular complexity index is 551. The standard InChI is InChI=1S/C16H29N5O2S/c1-12-20-13(11-24-12)10-21(6)14(17-5)18-8-7-9-19-15(22)23-16(2,3)4/h11H,7-10H2,1-6H3,(H,17,18)(H,19,22). The van der Waals surface area contributed by atoms with Crippen LogP contribution < -0.4 is 10.6 Å². The van der Waals surface area contributed by atoms with E-state index in [1.165, 1.54) is 0 Å².